The minimum atomic E-state index is -3.31. The molecule has 1 aromatic heterocycles. The van der Waals surface area contributed by atoms with Crippen molar-refractivity contribution in [2.24, 2.45) is 0 Å². The minimum Gasteiger partial charge on any atom is -0.469 e. The zero-order valence-electron chi connectivity index (χ0n) is 13.2. The van der Waals surface area contributed by atoms with Crippen molar-refractivity contribution >= 4 is 33.1 Å². The first-order chi connectivity index (χ1) is 11.3. The molecule has 24 heavy (non-hydrogen) atoms. The molecule has 1 N–H and O–H groups in total. The molecule has 0 saturated carbocycles. The normalized spacial score (nSPS) is 12.4. The van der Waals surface area contributed by atoms with Crippen LogP contribution in [0.2, 0.25) is 0 Å². The lowest BCUT2D eigenvalue weighted by atomic mass is 10.1. The summed E-state index contributed by atoms with van der Waals surface area (Å²) >= 11 is 1.42. The third kappa shape index (κ3) is 4.65. The number of thiophene rings is 1. The molecule has 0 aliphatic heterocycles. The van der Waals surface area contributed by atoms with Gasteiger partial charge >= 0.3 is 5.97 Å². The molecule has 2 aromatic rings. The standard InChI is InChI=1S/C16H17NO5S2/c1-22-15(18)10-13(14-4-3-9-23-14)17-16(19)11-5-7-12(8-6-11)24(2,20)21/h3-9,13H,10H2,1-2H3,(H,17,19)/t13-/m1/s1. The van der Waals surface area contributed by atoms with Crippen LogP contribution in [0.3, 0.4) is 0 Å². The Labute approximate surface area is 144 Å². The second-order valence-electron chi connectivity index (χ2n) is 5.12. The van der Waals surface area contributed by atoms with Gasteiger partial charge in [-0.25, -0.2) is 8.42 Å². The van der Waals surface area contributed by atoms with E-state index in [2.05, 4.69) is 10.1 Å². The summed E-state index contributed by atoms with van der Waals surface area (Å²) in [6.45, 7) is 0. The molecule has 1 amide bonds. The zero-order chi connectivity index (χ0) is 17.7. The van der Waals surface area contributed by atoms with E-state index >= 15 is 0 Å². The second kappa shape index (κ2) is 7.59. The van der Waals surface area contributed by atoms with Crippen molar-refractivity contribution in [2.75, 3.05) is 13.4 Å². The molecule has 128 valence electrons. The van der Waals surface area contributed by atoms with Crippen LogP contribution in [0.1, 0.15) is 27.7 Å². The largest absolute Gasteiger partial charge is 0.469 e. The molecular weight excluding hydrogens is 350 g/mol. The molecule has 0 radical (unpaired) electrons. The van der Waals surface area contributed by atoms with Gasteiger partial charge in [0.2, 0.25) is 0 Å². The fraction of sp³-hybridized carbons (Fsp3) is 0.250. The number of ether oxygens (including phenoxy) is 1. The predicted molar refractivity (Wildman–Crippen MR) is 90.7 cm³/mol. The van der Waals surface area contributed by atoms with E-state index in [1.165, 1.54) is 42.7 Å². The first-order valence-electron chi connectivity index (χ1n) is 7.02. The molecule has 0 bridgehead atoms. The molecular formula is C16H17NO5S2. The van der Waals surface area contributed by atoms with Gasteiger partial charge in [-0.2, -0.15) is 0 Å². The molecule has 1 aromatic carbocycles. The number of amides is 1. The summed E-state index contributed by atoms with van der Waals surface area (Å²) in [6.07, 6.45) is 1.12. The number of carbonyl (C=O) groups excluding carboxylic acids is 2. The maximum atomic E-state index is 12.4. The van der Waals surface area contributed by atoms with E-state index in [0.29, 0.717) is 5.56 Å². The molecule has 6 nitrogen and oxygen atoms in total. The van der Waals surface area contributed by atoms with E-state index in [-0.39, 0.29) is 11.3 Å². The summed E-state index contributed by atoms with van der Waals surface area (Å²) in [5.41, 5.74) is 0.314. The number of carbonyl (C=O) groups is 2. The third-order valence-corrected chi connectivity index (χ3v) is 5.45. The van der Waals surface area contributed by atoms with Crippen molar-refractivity contribution in [1.82, 2.24) is 5.32 Å². The van der Waals surface area contributed by atoms with Crippen molar-refractivity contribution in [3.63, 3.8) is 0 Å². The lowest BCUT2D eigenvalue weighted by Crippen LogP contribution is -2.30. The van der Waals surface area contributed by atoms with Gasteiger partial charge in [-0.15, -0.1) is 11.3 Å². The van der Waals surface area contributed by atoms with Gasteiger partial charge in [0.05, 0.1) is 24.5 Å². The Bertz CT molecular complexity index is 811. The van der Waals surface area contributed by atoms with Gasteiger partial charge < -0.3 is 10.1 Å². The molecule has 0 aliphatic carbocycles. The van der Waals surface area contributed by atoms with Crippen LogP contribution >= 0.6 is 11.3 Å². The molecule has 0 saturated heterocycles. The van der Waals surface area contributed by atoms with Crippen LogP contribution in [0.5, 0.6) is 0 Å². The lowest BCUT2D eigenvalue weighted by Gasteiger charge is -2.16. The van der Waals surface area contributed by atoms with Gasteiger partial charge in [-0.05, 0) is 35.7 Å². The summed E-state index contributed by atoms with van der Waals surface area (Å²) in [5.74, 6) is -0.821. The Morgan fingerprint density at radius 3 is 2.38 bits per heavy atom. The van der Waals surface area contributed by atoms with E-state index < -0.39 is 27.8 Å². The van der Waals surface area contributed by atoms with E-state index in [9.17, 15) is 18.0 Å². The number of hydrogen-bond acceptors (Lipinski definition) is 6. The van der Waals surface area contributed by atoms with E-state index in [1.807, 2.05) is 17.5 Å². The summed E-state index contributed by atoms with van der Waals surface area (Å²) < 4.78 is 27.6. The molecule has 2 rings (SSSR count). The fourth-order valence-electron chi connectivity index (χ4n) is 2.06. The van der Waals surface area contributed by atoms with Crippen molar-refractivity contribution in [1.29, 1.82) is 0 Å². The van der Waals surface area contributed by atoms with Crippen molar-refractivity contribution in [3.05, 3.63) is 52.2 Å². The fourth-order valence-corrected chi connectivity index (χ4v) is 3.47. The Kier molecular flexibility index (Phi) is 5.74. The number of benzene rings is 1. The van der Waals surface area contributed by atoms with Crippen LogP contribution in [0, 0.1) is 0 Å². The second-order valence-corrected chi connectivity index (χ2v) is 8.11. The number of esters is 1. The summed E-state index contributed by atoms with van der Waals surface area (Å²) in [4.78, 5) is 24.9. The summed E-state index contributed by atoms with van der Waals surface area (Å²) in [5, 5.41) is 4.63. The molecule has 0 spiro atoms. The van der Waals surface area contributed by atoms with Crippen LogP contribution in [-0.4, -0.2) is 33.7 Å². The highest BCUT2D eigenvalue weighted by Gasteiger charge is 2.20. The Morgan fingerprint density at radius 1 is 1.21 bits per heavy atom. The van der Waals surface area contributed by atoms with Gasteiger partial charge in [0.25, 0.3) is 5.91 Å². The molecule has 0 fully saturated rings. The maximum absolute atomic E-state index is 12.4. The quantitative estimate of drug-likeness (QED) is 0.791. The molecule has 8 heteroatoms. The maximum Gasteiger partial charge on any atom is 0.307 e. The monoisotopic (exact) mass is 367 g/mol. The minimum absolute atomic E-state index is 0.0180. The third-order valence-electron chi connectivity index (χ3n) is 3.34. The van der Waals surface area contributed by atoms with Crippen LogP contribution < -0.4 is 5.32 Å². The van der Waals surface area contributed by atoms with Crippen LogP contribution in [0.25, 0.3) is 0 Å². The first-order valence-corrected chi connectivity index (χ1v) is 9.79. The van der Waals surface area contributed by atoms with Gasteiger partial charge in [0.1, 0.15) is 0 Å². The van der Waals surface area contributed by atoms with Crippen LogP contribution in [0.4, 0.5) is 0 Å². The van der Waals surface area contributed by atoms with Crippen molar-refractivity contribution < 1.29 is 22.7 Å². The van der Waals surface area contributed by atoms with Crippen molar-refractivity contribution in [3.8, 4) is 0 Å². The number of nitrogens with one attached hydrogen (secondary N) is 1. The van der Waals surface area contributed by atoms with Crippen molar-refractivity contribution in [2.45, 2.75) is 17.4 Å². The Balaban J connectivity index is 2.16. The topological polar surface area (TPSA) is 89.5 Å². The molecule has 1 heterocycles. The predicted octanol–water partition coefficient (Wildman–Crippen LogP) is 2.19. The Morgan fingerprint density at radius 2 is 1.88 bits per heavy atom. The summed E-state index contributed by atoms with van der Waals surface area (Å²) in [6, 6.07) is 8.79. The molecule has 0 aliphatic rings. The smallest absolute Gasteiger partial charge is 0.307 e. The number of sulfone groups is 1. The summed E-state index contributed by atoms with van der Waals surface area (Å²) in [7, 11) is -2.02. The van der Waals surface area contributed by atoms with Crippen LogP contribution in [0.15, 0.2) is 46.7 Å². The highest BCUT2D eigenvalue weighted by molar-refractivity contribution is 7.90. The van der Waals surface area contributed by atoms with Crippen LogP contribution in [-0.2, 0) is 19.4 Å². The lowest BCUT2D eigenvalue weighted by molar-refractivity contribution is -0.141. The molecule has 1 atom stereocenters. The highest BCUT2D eigenvalue weighted by atomic mass is 32.2. The number of hydrogen-bond donors (Lipinski definition) is 1. The number of methoxy groups -OCH3 is 1. The molecule has 0 unspecified atom stereocenters. The Hall–Kier alpha value is -2.19. The van der Waals surface area contributed by atoms with Gasteiger partial charge in [0.15, 0.2) is 9.84 Å². The van der Waals surface area contributed by atoms with Gasteiger partial charge in [-0.3, -0.25) is 9.59 Å². The zero-order valence-corrected chi connectivity index (χ0v) is 14.8. The van der Waals surface area contributed by atoms with E-state index in [0.717, 1.165) is 11.1 Å². The average Bonchev–Trinajstić information content (AvgIpc) is 3.07. The number of rotatable bonds is 6. The van der Waals surface area contributed by atoms with Gasteiger partial charge in [-0.1, -0.05) is 6.07 Å². The van der Waals surface area contributed by atoms with E-state index in [1.54, 1.807) is 0 Å². The first kappa shape index (κ1) is 18.2. The average molecular weight is 367 g/mol. The van der Waals surface area contributed by atoms with E-state index in [4.69, 9.17) is 0 Å². The SMILES string of the molecule is COC(=O)C[C@@H](NC(=O)c1ccc(S(C)(=O)=O)cc1)c1cccs1. The highest BCUT2D eigenvalue weighted by Crippen LogP contribution is 2.23. The van der Waals surface area contributed by atoms with Gasteiger partial charge in [0, 0.05) is 16.7 Å².